The van der Waals surface area contributed by atoms with Crippen LogP contribution in [-0.2, 0) is 0 Å². The van der Waals surface area contributed by atoms with Crippen molar-refractivity contribution in [2.75, 3.05) is 18.5 Å². The normalized spacial score (nSPS) is 10.3. The molecule has 0 unspecified atom stereocenters. The summed E-state index contributed by atoms with van der Waals surface area (Å²) in [4.78, 5) is 12.1. The predicted octanol–water partition coefficient (Wildman–Crippen LogP) is 2.94. The molecule has 2 rings (SSSR count). The Kier molecular flexibility index (Phi) is 4.86. The van der Waals surface area contributed by atoms with Gasteiger partial charge in [0.2, 0.25) is 5.95 Å². The van der Waals surface area contributed by atoms with Gasteiger partial charge in [0.1, 0.15) is 0 Å². The Bertz CT molecular complexity index is 598. The van der Waals surface area contributed by atoms with E-state index in [9.17, 15) is 4.39 Å². The van der Waals surface area contributed by atoms with Crippen LogP contribution in [0.2, 0.25) is 0 Å². The molecule has 21 heavy (non-hydrogen) atoms. The Morgan fingerprint density at radius 1 is 1.14 bits per heavy atom. The summed E-state index contributed by atoms with van der Waals surface area (Å²) in [5.74, 6) is -0.103. The maximum atomic E-state index is 13.7. The molecule has 0 saturated heterocycles. The number of hydrogen-bond donors (Lipinski definition) is 1. The molecule has 112 valence electrons. The summed E-state index contributed by atoms with van der Waals surface area (Å²) >= 11 is 0. The van der Waals surface area contributed by atoms with Crippen LogP contribution in [0.3, 0.4) is 0 Å². The van der Waals surface area contributed by atoms with Gasteiger partial charge in [-0.25, -0.2) is 4.39 Å². The van der Waals surface area contributed by atoms with Gasteiger partial charge in [0, 0.05) is 6.54 Å². The number of nitrogens with one attached hydrogen (secondary N) is 1. The predicted molar refractivity (Wildman–Crippen MR) is 76.4 cm³/mol. The zero-order chi connectivity index (χ0) is 15.2. The van der Waals surface area contributed by atoms with Crippen molar-refractivity contribution in [3.05, 3.63) is 29.6 Å². The number of aryl methyl sites for hydroxylation is 1. The van der Waals surface area contributed by atoms with E-state index in [1.807, 2.05) is 20.8 Å². The van der Waals surface area contributed by atoms with Crippen LogP contribution >= 0.6 is 0 Å². The number of aromatic nitrogens is 3. The molecule has 0 fully saturated rings. The average molecular weight is 292 g/mol. The Hall–Kier alpha value is -2.44. The van der Waals surface area contributed by atoms with E-state index in [-0.39, 0.29) is 17.8 Å². The zero-order valence-corrected chi connectivity index (χ0v) is 12.2. The van der Waals surface area contributed by atoms with Crippen molar-refractivity contribution in [3.8, 4) is 17.8 Å². The monoisotopic (exact) mass is 292 g/mol. The van der Waals surface area contributed by atoms with Crippen LogP contribution in [0.5, 0.6) is 17.8 Å². The molecule has 0 aliphatic carbocycles. The third kappa shape index (κ3) is 4.01. The number of ether oxygens (including phenoxy) is 2. The third-order valence-electron chi connectivity index (χ3n) is 2.49. The fraction of sp³-hybridized carbons (Fsp3) is 0.357. The number of halogens is 1. The van der Waals surface area contributed by atoms with E-state index in [0.717, 1.165) is 5.56 Å². The highest BCUT2D eigenvalue weighted by Gasteiger charge is 2.11. The largest absolute Gasteiger partial charge is 0.464 e. The molecule has 1 N–H and O–H groups in total. The van der Waals surface area contributed by atoms with E-state index in [4.69, 9.17) is 9.47 Å². The molecule has 0 atom stereocenters. The van der Waals surface area contributed by atoms with Crippen LogP contribution in [-0.4, -0.2) is 28.1 Å². The van der Waals surface area contributed by atoms with Crippen molar-refractivity contribution >= 4 is 5.95 Å². The smallest absolute Gasteiger partial charge is 0.330 e. The molecule has 0 aliphatic rings. The van der Waals surface area contributed by atoms with E-state index in [2.05, 4.69) is 20.3 Å². The minimum absolute atomic E-state index is 0.0195. The standard InChI is InChI=1S/C14H17FN4O2/c1-4-16-12-17-13(20-5-2)19-14(18-12)21-11-8-9(3)6-7-10(11)15/h6-8H,4-5H2,1-3H3,(H,16,17,18,19). The molecular formula is C14H17FN4O2. The van der Waals surface area contributed by atoms with E-state index in [1.54, 1.807) is 12.1 Å². The van der Waals surface area contributed by atoms with Gasteiger partial charge < -0.3 is 14.8 Å². The number of benzene rings is 1. The molecular weight excluding hydrogens is 275 g/mol. The lowest BCUT2D eigenvalue weighted by molar-refractivity contribution is 0.302. The lowest BCUT2D eigenvalue weighted by Crippen LogP contribution is -2.07. The first-order valence-corrected chi connectivity index (χ1v) is 6.69. The van der Waals surface area contributed by atoms with Gasteiger partial charge >= 0.3 is 12.0 Å². The van der Waals surface area contributed by atoms with Crippen molar-refractivity contribution in [1.29, 1.82) is 0 Å². The van der Waals surface area contributed by atoms with Gasteiger partial charge in [0.15, 0.2) is 11.6 Å². The van der Waals surface area contributed by atoms with Gasteiger partial charge in [0.25, 0.3) is 0 Å². The van der Waals surface area contributed by atoms with Crippen molar-refractivity contribution < 1.29 is 13.9 Å². The second-order valence-electron chi connectivity index (χ2n) is 4.22. The number of rotatable bonds is 6. The average Bonchev–Trinajstić information content (AvgIpc) is 2.43. The second-order valence-corrected chi connectivity index (χ2v) is 4.22. The quantitative estimate of drug-likeness (QED) is 0.882. The van der Waals surface area contributed by atoms with Gasteiger partial charge in [-0.05, 0) is 38.5 Å². The van der Waals surface area contributed by atoms with Gasteiger partial charge in [-0.2, -0.15) is 9.97 Å². The minimum atomic E-state index is -0.482. The summed E-state index contributed by atoms with van der Waals surface area (Å²) < 4.78 is 24.4. The first kappa shape index (κ1) is 15.0. The van der Waals surface area contributed by atoms with Crippen molar-refractivity contribution in [2.24, 2.45) is 0 Å². The number of hydrogen-bond acceptors (Lipinski definition) is 6. The highest BCUT2D eigenvalue weighted by molar-refractivity contribution is 5.33. The molecule has 0 saturated carbocycles. The van der Waals surface area contributed by atoms with E-state index in [1.165, 1.54) is 6.07 Å². The molecule has 0 bridgehead atoms. The highest BCUT2D eigenvalue weighted by atomic mass is 19.1. The van der Waals surface area contributed by atoms with Gasteiger partial charge in [0.05, 0.1) is 6.61 Å². The van der Waals surface area contributed by atoms with Crippen LogP contribution < -0.4 is 14.8 Å². The van der Waals surface area contributed by atoms with Crippen LogP contribution in [0.15, 0.2) is 18.2 Å². The van der Waals surface area contributed by atoms with Crippen molar-refractivity contribution in [1.82, 2.24) is 15.0 Å². The van der Waals surface area contributed by atoms with Gasteiger partial charge in [-0.3, -0.25) is 0 Å². The molecule has 0 spiro atoms. The molecule has 2 aromatic rings. The third-order valence-corrected chi connectivity index (χ3v) is 2.49. The Morgan fingerprint density at radius 2 is 1.90 bits per heavy atom. The van der Waals surface area contributed by atoms with Crippen molar-refractivity contribution in [3.63, 3.8) is 0 Å². The summed E-state index contributed by atoms with van der Waals surface area (Å²) in [6.45, 7) is 6.61. The fourth-order valence-corrected chi connectivity index (χ4v) is 1.60. The van der Waals surface area contributed by atoms with E-state index < -0.39 is 5.82 Å². The van der Waals surface area contributed by atoms with E-state index in [0.29, 0.717) is 19.1 Å². The van der Waals surface area contributed by atoms with Crippen LogP contribution in [0.4, 0.5) is 10.3 Å². The molecule has 1 heterocycles. The van der Waals surface area contributed by atoms with Crippen LogP contribution in [0.1, 0.15) is 19.4 Å². The van der Waals surface area contributed by atoms with E-state index >= 15 is 0 Å². The van der Waals surface area contributed by atoms with Gasteiger partial charge in [-0.15, -0.1) is 4.98 Å². The molecule has 1 aromatic carbocycles. The summed E-state index contributed by atoms with van der Waals surface area (Å²) in [7, 11) is 0. The topological polar surface area (TPSA) is 69.2 Å². The summed E-state index contributed by atoms with van der Waals surface area (Å²) in [6, 6.07) is 4.68. The van der Waals surface area contributed by atoms with Crippen LogP contribution in [0, 0.1) is 12.7 Å². The van der Waals surface area contributed by atoms with Gasteiger partial charge in [-0.1, -0.05) is 6.07 Å². The zero-order valence-electron chi connectivity index (χ0n) is 12.2. The lowest BCUT2D eigenvalue weighted by Gasteiger charge is -2.09. The fourth-order valence-electron chi connectivity index (χ4n) is 1.60. The molecule has 0 radical (unpaired) electrons. The maximum Gasteiger partial charge on any atom is 0.330 e. The first-order valence-electron chi connectivity index (χ1n) is 6.69. The summed E-state index contributed by atoms with van der Waals surface area (Å²) in [5.41, 5.74) is 0.873. The first-order chi connectivity index (χ1) is 10.1. The highest BCUT2D eigenvalue weighted by Crippen LogP contribution is 2.24. The molecule has 7 heteroatoms. The molecule has 0 amide bonds. The maximum absolute atomic E-state index is 13.7. The summed E-state index contributed by atoms with van der Waals surface area (Å²) in [5, 5.41) is 2.94. The van der Waals surface area contributed by atoms with Crippen molar-refractivity contribution in [2.45, 2.75) is 20.8 Å². The summed E-state index contributed by atoms with van der Waals surface area (Å²) in [6.07, 6.45) is 0. The minimum Gasteiger partial charge on any atom is -0.464 e. The molecule has 6 nitrogen and oxygen atoms in total. The Labute approximate surface area is 122 Å². The molecule has 1 aromatic heterocycles. The Balaban J connectivity index is 2.31. The van der Waals surface area contributed by atoms with Crippen LogP contribution in [0.25, 0.3) is 0 Å². The Morgan fingerprint density at radius 3 is 2.62 bits per heavy atom. The lowest BCUT2D eigenvalue weighted by atomic mass is 10.2. The molecule has 0 aliphatic heterocycles. The number of anilines is 1. The number of nitrogens with zero attached hydrogens (tertiary/aromatic N) is 3. The second kappa shape index (κ2) is 6.83. The SMILES string of the molecule is CCNc1nc(OCC)nc(Oc2cc(C)ccc2F)n1.